The number of nitrogens with one attached hydrogen (secondary N) is 1. The molecule has 0 spiro atoms. The van der Waals surface area contributed by atoms with Gasteiger partial charge in [-0.3, -0.25) is 4.79 Å². The second-order valence-electron chi connectivity index (χ2n) is 25.0. The average Bonchev–Trinajstić information content (AvgIpc) is 0.786. The zero-order chi connectivity index (χ0) is 68.9. The summed E-state index contributed by atoms with van der Waals surface area (Å²) in [5, 5.41) is 121. The molecule has 3 aliphatic rings. The lowest BCUT2D eigenvalue weighted by molar-refractivity contribution is -0.379. The summed E-state index contributed by atoms with van der Waals surface area (Å²) in [7, 11) is 0. The molecule has 0 radical (unpaired) electrons. The van der Waals surface area contributed by atoms with Crippen LogP contribution in [0, 0.1) is 0 Å². The van der Waals surface area contributed by atoms with Crippen LogP contribution in [0.5, 0.6) is 0 Å². The Labute approximate surface area is 569 Å². The van der Waals surface area contributed by atoms with Gasteiger partial charge in [-0.15, -0.1) is 0 Å². The highest BCUT2D eigenvalue weighted by molar-refractivity contribution is 5.76. The van der Waals surface area contributed by atoms with Crippen molar-refractivity contribution in [2.45, 2.75) is 311 Å². The van der Waals surface area contributed by atoms with Gasteiger partial charge in [0.15, 0.2) is 18.9 Å². The summed E-state index contributed by atoms with van der Waals surface area (Å²) in [4.78, 5) is 13.4. The fourth-order valence-electron chi connectivity index (χ4n) is 11.1. The van der Waals surface area contributed by atoms with Crippen LogP contribution < -0.4 is 5.32 Å². The van der Waals surface area contributed by atoms with Gasteiger partial charge >= 0.3 is 0 Å². The van der Waals surface area contributed by atoms with Gasteiger partial charge in [0.25, 0.3) is 0 Å². The van der Waals surface area contributed by atoms with Crippen molar-refractivity contribution in [2.24, 2.45) is 0 Å². The molecule has 3 fully saturated rings. The van der Waals surface area contributed by atoms with Crippen LogP contribution in [0.3, 0.4) is 0 Å². The van der Waals surface area contributed by atoms with Crippen molar-refractivity contribution >= 4 is 5.91 Å². The summed E-state index contributed by atoms with van der Waals surface area (Å²) in [5.41, 5.74) is 0. The number of allylic oxidation sites excluding steroid dienone is 21. The molecule has 17 unspecified atom stereocenters. The first-order valence-electron chi connectivity index (χ1n) is 35.9. The molecule has 19 heteroatoms. The van der Waals surface area contributed by atoms with Gasteiger partial charge in [0.1, 0.15) is 73.2 Å². The van der Waals surface area contributed by atoms with E-state index < -0.39 is 131 Å². The van der Waals surface area contributed by atoms with E-state index in [2.05, 4.69) is 135 Å². The second kappa shape index (κ2) is 55.8. The van der Waals surface area contributed by atoms with Crippen LogP contribution in [0.1, 0.15) is 206 Å². The predicted octanol–water partition coefficient (Wildman–Crippen LogP) is 10.2. The van der Waals surface area contributed by atoms with Crippen molar-refractivity contribution in [3.05, 3.63) is 134 Å². The molecule has 0 aromatic heterocycles. The fraction of sp³-hybridized carbons (Fsp3) is 0.697. The van der Waals surface area contributed by atoms with E-state index in [0.29, 0.717) is 19.3 Å². The van der Waals surface area contributed by atoms with Crippen molar-refractivity contribution in [1.82, 2.24) is 5.32 Å². The van der Waals surface area contributed by atoms with Gasteiger partial charge in [0, 0.05) is 6.42 Å². The van der Waals surface area contributed by atoms with Gasteiger partial charge in [-0.25, -0.2) is 0 Å². The lowest BCUT2D eigenvalue weighted by Crippen LogP contribution is -2.66. The SMILES string of the molecule is CC/C=C\C/C=C\C/C=C\C/C=C\C/C=C\C/C=C\C/C=C\C/C=C\C/C=C\CCCC(=O)NC(COC1OC(CO)C(OC2OC(CO)C(OC3OC(CO)C(O)C(O)C3O)C(O)C2O)C(O)C1O)C(O)/C=C/CC/C=C/CCCCCCCCCCCCCCCCC. The summed E-state index contributed by atoms with van der Waals surface area (Å²) in [5.74, 6) is -0.348. The number of carbonyl (C=O) groups is 1. The number of aliphatic hydroxyl groups excluding tert-OH is 11. The maximum absolute atomic E-state index is 13.4. The third-order valence-electron chi connectivity index (χ3n) is 16.9. The van der Waals surface area contributed by atoms with Crippen molar-refractivity contribution in [2.75, 3.05) is 26.4 Å². The average molecular weight is 1340 g/mol. The standard InChI is InChI=1S/C76H125NO18/c1-3-5-7-9-11-13-15-17-19-21-23-25-26-27-28-29-30-31-32-34-36-38-40-42-44-46-48-50-52-54-64(82)77-59(60(81)53-51-49-47-45-43-41-39-37-35-33-24-22-20-18-16-14-12-10-8-6-4-2)58-90-74-70(88)67(85)72(62(56-79)92-74)95-76-71(89)68(86)73(63(57-80)93-76)94-75-69(87)66(84)65(83)61(55-78)91-75/h5,7,11,13,17,19,23,25,27-28,30-31,34,36,40,42-43,45-46,48,51,53,59-63,65-76,78-81,83-89H,3-4,6,8-10,12,14-16,18,20-22,24,26,29,32-33,35,37-39,41,44,47,49-50,52,54-58H2,1-2H3,(H,77,82)/b7-5-,13-11-,19-17-,25-23-,28-27-,31-30-,36-34-,42-40-,45-43+,48-46-,53-51+. The third kappa shape index (κ3) is 37.1. The third-order valence-corrected chi connectivity index (χ3v) is 16.9. The molecule has 542 valence electrons. The maximum Gasteiger partial charge on any atom is 0.220 e. The van der Waals surface area contributed by atoms with Gasteiger partial charge in [-0.05, 0) is 96.3 Å². The van der Waals surface area contributed by atoms with Crippen LogP contribution in [-0.2, 0) is 33.2 Å². The molecular weight excluding hydrogens is 1210 g/mol. The lowest BCUT2D eigenvalue weighted by atomic mass is 9.96. The summed E-state index contributed by atoms with van der Waals surface area (Å²) in [6.45, 7) is 1.55. The van der Waals surface area contributed by atoms with Gasteiger partial charge in [0.05, 0.1) is 38.6 Å². The summed E-state index contributed by atoms with van der Waals surface area (Å²) in [6, 6.07) is -1.03. The Morgan fingerprint density at radius 3 is 1.18 bits per heavy atom. The van der Waals surface area contributed by atoms with Crippen LogP contribution in [0.4, 0.5) is 0 Å². The minimum Gasteiger partial charge on any atom is -0.394 e. The zero-order valence-electron chi connectivity index (χ0n) is 57.3. The number of aliphatic hydroxyl groups is 11. The molecule has 0 bridgehead atoms. The molecule has 3 aliphatic heterocycles. The Bertz CT molecular complexity index is 2240. The number of hydrogen-bond acceptors (Lipinski definition) is 18. The Kier molecular flexibility index (Phi) is 50.0. The molecule has 0 aromatic rings. The van der Waals surface area contributed by atoms with E-state index in [1.807, 2.05) is 12.2 Å². The van der Waals surface area contributed by atoms with E-state index in [1.165, 1.54) is 89.9 Å². The topological polar surface area (TPSA) is 307 Å². The van der Waals surface area contributed by atoms with Crippen LogP contribution >= 0.6 is 0 Å². The summed E-state index contributed by atoms with van der Waals surface area (Å²) >= 11 is 0. The molecule has 0 aliphatic carbocycles. The highest BCUT2D eigenvalue weighted by Crippen LogP contribution is 2.33. The smallest absolute Gasteiger partial charge is 0.220 e. The van der Waals surface area contributed by atoms with E-state index in [9.17, 15) is 61.0 Å². The molecule has 3 rings (SSSR count). The van der Waals surface area contributed by atoms with Gasteiger partial charge < -0.3 is 89.9 Å². The second-order valence-corrected chi connectivity index (χ2v) is 25.0. The minimum atomic E-state index is -1.99. The quantitative estimate of drug-likeness (QED) is 0.0199. The summed E-state index contributed by atoms with van der Waals surface area (Å²) in [6.07, 6.45) is 51.4. The van der Waals surface area contributed by atoms with Gasteiger partial charge in [0.2, 0.25) is 5.91 Å². The van der Waals surface area contributed by atoms with Crippen LogP contribution in [0.2, 0.25) is 0 Å². The molecule has 0 aromatic carbocycles. The number of ether oxygens (including phenoxy) is 6. The Balaban J connectivity index is 1.47. The van der Waals surface area contributed by atoms with E-state index in [-0.39, 0.29) is 12.3 Å². The van der Waals surface area contributed by atoms with E-state index in [0.717, 1.165) is 77.0 Å². The highest BCUT2D eigenvalue weighted by atomic mass is 16.8. The van der Waals surface area contributed by atoms with E-state index in [4.69, 9.17) is 28.4 Å². The molecule has 95 heavy (non-hydrogen) atoms. The number of hydrogen-bond donors (Lipinski definition) is 12. The molecule has 17 atom stereocenters. The van der Waals surface area contributed by atoms with Crippen molar-refractivity contribution in [1.29, 1.82) is 0 Å². The van der Waals surface area contributed by atoms with Crippen molar-refractivity contribution < 1.29 is 89.4 Å². The molecule has 12 N–H and O–H groups in total. The maximum atomic E-state index is 13.4. The first-order valence-corrected chi connectivity index (χ1v) is 35.9. The molecule has 0 saturated carbocycles. The number of unbranched alkanes of at least 4 members (excludes halogenated alkanes) is 17. The Hall–Kier alpha value is -4.07. The minimum absolute atomic E-state index is 0.146. The fourth-order valence-corrected chi connectivity index (χ4v) is 11.1. The van der Waals surface area contributed by atoms with E-state index >= 15 is 0 Å². The number of rotatable bonds is 53. The molecular formula is C76H125NO18. The van der Waals surface area contributed by atoms with E-state index in [1.54, 1.807) is 6.08 Å². The van der Waals surface area contributed by atoms with Crippen LogP contribution in [0.25, 0.3) is 0 Å². The Morgan fingerprint density at radius 1 is 0.389 bits per heavy atom. The van der Waals surface area contributed by atoms with Gasteiger partial charge in [-0.1, -0.05) is 237 Å². The monoisotopic (exact) mass is 1340 g/mol. The summed E-state index contributed by atoms with van der Waals surface area (Å²) < 4.78 is 34.3. The first-order chi connectivity index (χ1) is 46.3. The number of amides is 1. The highest BCUT2D eigenvalue weighted by Gasteiger charge is 2.53. The predicted molar refractivity (Wildman–Crippen MR) is 373 cm³/mol. The molecule has 1 amide bonds. The normalized spacial score (nSPS) is 28.0. The van der Waals surface area contributed by atoms with Gasteiger partial charge in [-0.2, -0.15) is 0 Å². The lowest BCUT2D eigenvalue weighted by Gasteiger charge is -2.48. The zero-order valence-corrected chi connectivity index (χ0v) is 57.3. The largest absolute Gasteiger partial charge is 0.394 e. The molecule has 3 saturated heterocycles. The van der Waals surface area contributed by atoms with Crippen LogP contribution in [0.15, 0.2) is 134 Å². The van der Waals surface area contributed by atoms with Crippen molar-refractivity contribution in [3.8, 4) is 0 Å². The molecule has 3 heterocycles. The number of carbonyl (C=O) groups excluding carboxylic acids is 1. The van der Waals surface area contributed by atoms with Crippen molar-refractivity contribution in [3.63, 3.8) is 0 Å². The Morgan fingerprint density at radius 2 is 0.737 bits per heavy atom. The van der Waals surface area contributed by atoms with Crippen LogP contribution in [-0.4, -0.2) is 193 Å². The first kappa shape index (κ1) is 85.2. The molecule has 19 nitrogen and oxygen atoms in total.